The highest BCUT2D eigenvalue weighted by Crippen LogP contribution is 2.25. The highest BCUT2D eigenvalue weighted by Gasteiger charge is 2.15. The molecule has 0 aliphatic carbocycles. The van der Waals surface area contributed by atoms with Crippen molar-refractivity contribution < 1.29 is 8.42 Å². The van der Waals surface area contributed by atoms with Gasteiger partial charge in [0.05, 0.1) is 22.3 Å². The number of hydrogen-bond acceptors (Lipinski definition) is 7. The van der Waals surface area contributed by atoms with Gasteiger partial charge in [-0.05, 0) is 55.6 Å². The van der Waals surface area contributed by atoms with Crippen LogP contribution in [0.4, 0.5) is 17.3 Å². The average molecular weight is 463 g/mol. The number of rotatable bonds is 5. The van der Waals surface area contributed by atoms with Gasteiger partial charge in [0.25, 0.3) is 0 Å². The standard InChI is InChI=1S/C24H26N6O2S/c1-28-12-14-29(15-13-28)20-8-6-19(7-9-20)26-24-25-17-21-10-11-23(30(21)27-24)18-4-3-5-22(16-18)33(2,31)32/h3-11,16-17H,12-15H2,1-2H3,(H,26,27). The smallest absolute Gasteiger partial charge is 0.245 e. The molecule has 0 atom stereocenters. The predicted octanol–water partition coefficient (Wildman–Crippen LogP) is 3.30. The fourth-order valence-corrected chi connectivity index (χ4v) is 4.68. The Morgan fingerprint density at radius 3 is 2.42 bits per heavy atom. The van der Waals surface area contributed by atoms with Crippen LogP contribution in [-0.2, 0) is 9.84 Å². The van der Waals surface area contributed by atoms with Crippen LogP contribution in [0.15, 0.2) is 71.8 Å². The van der Waals surface area contributed by atoms with E-state index in [2.05, 4.69) is 44.4 Å². The van der Waals surface area contributed by atoms with E-state index in [9.17, 15) is 8.42 Å². The lowest BCUT2D eigenvalue weighted by Gasteiger charge is -2.34. The van der Waals surface area contributed by atoms with Crippen LogP contribution in [0.2, 0.25) is 0 Å². The highest BCUT2D eigenvalue weighted by atomic mass is 32.2. The second-order valence-corrected chi connectivity index (χ2v) is 10.4. The number of aromatic nitrogens is 3. The third-order valence-corrected chi connectivity index (χ3v) is 7.06. The summed E-state index contributed by atoms with van der Waals surface area (Å²) < 4.78 is 25.7. The van der Waals surface area contributed by atoms with Gasteiger partial charge in [0.15, 0.2) is 9.84 Å². The Kier molecular flexibility index (Phi) is 5.51. The lowest BCUT2D eigenvalue weighted by atomic mass is 10.2. The molecule has 0 bridgehead atoms. The van der Waals surface area contributed by atoms with Gasteiger partial charge in [0.2, 0.25) is 5.95 Å². The number of piperazine rings is 1. The maximum Gasteiger partial charge on any atom is 0.245 e. The third kappa shape index (κ3) is 4.55. The summed E-state index contributed by atoms with van der Waals surface area (Å²) in [5.41, 5.74) is 4.51. The molecule has 0 amide bonds. The molecule has 1 saturated heterocycles. The monoisotopic (exact) mass is 462 g/mol. The van der Waals surface area contributed by atoms with Crippen LogP contribution in [-0.4, -0.2) is 67.4 Å². The van der Waals surface area contributed by atoms with Crippen molar-refractivity contribution in [3.8, 4) is 11.3 Å². The number of likely N-dealkylation sites (N-methyl/N-ethyl adjacent to an activating group) is 1. The predicted molar refractivity (Wildman–Crippen MR) is 131 cm³/mol. The first-order valence-electron chi connectivity index (χ1n) is 10.8. The summed E-state index contributed by atoms with van der Waals surface area (Å²) in [4.78, 5) is 9.44. The molecule has 2 aromatic carbocycles. The summed E-state index contributed by atoms with van der Waals surface area (Å²) in [6.45, 7) is 4.19. The summed E-state index contributed by atoms with van der Waals surface area (Å²) in [6, 6.07) is 19.0. The van der Waals surface area contributed by atoms with Crippen LogP contribution in [0.1, 0.15) is 0 Å². The normalized spacial score (nSPS) is 15.2. The fraction of sp³-hybridized carbons (Fsp3) is 0.250. The Hall–Kier alpha value is -3.43. The minimum absolute atomic E-state index is 0.280. The van der Waals surface area contributed by atoms with E-state index in [1.165, 1.54) is 11.9 Å². The molecule has 1 N–H and O–H groups in total. The molecule has 0 spiro atoms. The molecule has 3 heterocycles. The molecule has 0 unspecified atom stereocenters. The molecule has 0 radical (unpaired) electrons. The van der Waals surface area contributed by atoms with Gasteiger partial charge in [-0.3, -0.25) is 0 Å². The van der Waals surface area contributed by atoms with Gasteiger partial charge in [0, 0.05) is 49.4 Å². The van der Waals surface area contributed by atoms with Crippen LogP contribution < -0.4 is 10.2 Å². The van der Waals surface area contributed by atoms with Crippen LogP contribution in [0, 0.1) is 0 Å². The van der Waals surface area contributed by atoms with Crippen molar-refractivity contribution in [3.05, 3.63) is 66.9 Å². The van der Waals surface area contributed by atoms with E-state index < -0.39 is 9.84 Å². The van der Waals surface area contributed by atoms with Gasteiger partial charge in [-0.25, -0.2) is 17.9 Å². The van der Waals surface area contributed by atoms with Crippen LogP contribution in [0.3, 0.4) is 0 Å². The molecule has 2 aromatic heterocycles. The Morgan fingerprint density at radius 2 is 1.70 bits per heavy atom. The van der Waals surface area contributed by atoms with Gasteiger partial charge in [-0.1, -0.05) is 12.1 Å². The number of benzene rings is 2. The molecule has 1 aliphatic heterocycles. The number of fused-ring (bicyclic) bond motifs is 1. The Bertz CT molecular complexity index is 1390. The van der Waals surface area contributed by atoms with E-state index in [-0.39, 0.29) is 4.90 Å². The van der Waals surface area contributed by atoms with Crippen LogP contribution >= 0.6 is 0 Å². The second-order valence-electron chi connectivity index (χ2n) is 8.40. The Labute approximate surface area is 193 Å². The van der Waals surface area contributed by atoms with Gasteiger partial charge < -0.3 is 15.1 Å². The van der Waals surface area contributed by atoms with Crippen molar-refractivity contribution in [2.75, 3.05) is 49.7 Å². The van der Waals surface area contributed by atoms with Gasteiger partial charge in [-0.2, -0.15) is 0 Å². The zero-order chi connectivity index (χ0) is 23.0. The van der Waals surface area contributed by atoms with Crippen LogP contribution in [0.25, 0.3) is 16.8 Å². The van der Waals surface area contributed by atoms with Crippen molar-refractivity contribution in [2.24, 2.45) is 0 Å². The molecule has 1 fully saturated rings. The van der Waals surface area contributed by atoms with E-state index in [0.717, 1.165) is 48.6 Å². The number of nitrogens with zero attached hydrogens (tertiary/aromatic N) is 5. The SMILES string of the molecule is CN1CCN(c2ccc(Nc3ncc4ccc(-c5cccc(S(C)(=O)=O)c5)n4n3)cc2)CC1. The molecule has 0 saturated carbocycles. The summed E-state index contributed by atoms with van der Waals surface area (Å²) in [7, 11) is -1.14. The van der Waals surface area contributed by atoms with Crippen LogP contribution in [0.5, 0.6) is 0 Å². The van der Waals surface area contributed by atoms with Crippen molar-refractivity contribution in [3.63, 3.8) is 0 Å². The molecule has 4 aromatic rings. The first-order valence-corrected chi connectivity index (χ1v) is 12.7. The van der Waals surface area contributed by atoms with Crippen molar-refractivity contribution in [2.45, 2.75) is 4.90 Å². The Morgan fingerprint density at radius 1 is 0.939 bits per heavy atom. The molecule has 170 valence electrons. The van der Waals surface area contributed by atoms with Gasteiger partial charge in [-0.15, -0.1) is 5.10 Å². The summed E-state index contributed by atoms with van der Waals surface area (Å²) in [5, 5.41) is 7.92. The molecule has 8 nitrogen and oxygen atoms in total. The highest BCUT2D eigenvalue weighted by molar-refractivity contribution is 7.90. The molecular formula is C24H26N6O2S. The average Bonchev–Trinajstić information content (AvgIpc) is 3.23. The quantitative estimate of drug-likeness (QED) is 0.487. The fourth-order valence-electron chi connectivity index (χ4n) is 4.01. The number of anilines is 3. The summed E-state index contributed by atoms with van der Waals surface area (Å²) >= 11 is 0. The van der Waals surface area contributed by atoms with E-state index in [1.807, 2.05) is 30.3 Å². The first kappa shape index (κ1) is 21.4. The van der Waals surface area contributed by atoms with E-state index in [1.54, 1.807) is 28.9 Å². The maximum absolute atomic E-state index is 12.0. The topological polar surface area (TPSA) is 82.8 Å². The third-order valence-electron chi connectivity index (χ3n) is 5.95. The summed E-state index contributed by atoms with van der Waals surface area (Å²) in [5.74, 6) is 0.464. The number of hydrogen-bond donors (Lipinski definition) is 1. The van der Waals surface area contributed by atoms with E-state index in [0.29, 0.717) is 5.95 Å². The minimum atomic E-state index is -3.29. The first-order chi connectivity index (χ1) is 15.9. The summed E-state index contributed by atoms with van der Waals surface area (Å²) in [6.07, 6.45) is 2.96. The second kappa shape index (κ2) is 8.49. The van der Waals surface area contributed by atoms with E-state index >= 15 is 0 Å². The van der Waals surface area contributed by atoms with Gasteiger partial charge in [0.1, 0.15) is 0 Å². The molecular weight excluding hydrogens is 436 g/mol. The lowest BCUT2D eigenvalue weighted by molar-refractivity contribution is 0.313. The maximum atomic E-state index is 12.0. The van der Waals surface area contributed by atoms with Crippen molar-refractivity contribution in [1.82, 2.24) is 19.5 Å². The number of nitrogens with one attached hydrogen (secondary N) is 1. The van der Waals surface area contributed by atoms with Crippen molar-refractivity contribution >= 4 is 32.7 Å². The Balaban J connectivity index is 1.39. The largest absolute Gasteiger partial charge is 0.369 e. The molecule has 33 heavy (non-hydrogen) atoms. The molecule has 1 aliphatic rings. The zero-order valence-corrected chi connectivity index (χ0v) is 19.5. The molecule has 5 rings (SSSR count). The van der Waals surface area contributed by atoms with Gasteiger partial charge >= 0.3 is 0 Å². The van der Waals surface area contributed by atoms with Crippen molar-refractivity contribution in [1.29, 1.82) is 0 Å². The number of sulfone groups is 1. The van der Waals surface area contributed by atoms with E-state index in [4.69, 9.17) is 0 Å². The lowest BCUT2D eigenvalue weighted by Crippen LogP contribution is -2.44. The molecule has 9 heteroatoms. The minimum Gasteiger partial charge on any atom is -0.369 e. The zero-order valence-electron chi connectivity index (χ0n) is 18.6.